The van der Waals surface area contributed by atoms with Gasteiger partial charge in [-0.15, -0.1) is 5.10 Å². The van der Waals surface area contributed by atoms with Gasteiger partial charge >= 0.3 is 0 Å². The zero-order valence-corrected chi connectivity index (χ0v) is 17.5. The zero-order chi connectivity index (χ0) is 21.1. The van der Waals surface area contributed by atoms with Crippen molar-refractivity contribution in [2.24, 2.45) is 0 Å². The predicted octanol–water partition coefficient (Wildman–Crippen LogP) is 3.81. The molecule has 0 radical (unpaired) electrons. The van der Waals surface area contributed by atoms with Crippen LogP contribution in [0.25, 0.3) is 0 Å². The molecule has 154 valence electrons. The minimum atomic E-state index is -0.534. The molecule has 30 heavy (non-hydrogen) atoms. The van der Waals surface area contributed by atoms with Gasteiger partial charge < -0.3 is 15.7 Å². The van der Waals surface area contributed by atoms with Crippen molar-refractivity contribution in [1.29, 1.82) is 0 Å². The molecule has 3 heterocycles. The number of pyridine rings is 1. The fourth-order valence-corrected chi connectivity index (χ4v) is 4.00. The smallest absolute Gasteiger partial charge is 0.255 e. The van der Waals surface area contributed by atoms with E-state index in [1.54, 1.807) is 59.2 Å². The number of nitrogens with zero attached hydrogens (tertiary/aromatic N) is 4. The number of anilines is 2. The fraction of sp³-hybridized carbons (Fsp3) is 0.238. The van der Waals surface area contributed by atoms with Gasteiger partial charge in [0.1, 0.15) is 11.8 Å². The van der Waals surface area contributed by atoms with Gasteiger partial charge in [0.05, 0.1) is 17.5 Å². The molecule has 0 bridgehead atoms. The third kappa shape index (κ3) is 4.02. The molecule has 8 nitrogen and oxygen atoms in total. The van der Waals surface area contributed by atoms with Gasteiger partial charge in [-0.05, 0) is 43.2 Å². The van der Waals surface area contributed by atoms with Crippen LogP contribution < -0.4 is 10.6 Å². The molecule has 4 rings (SSSR count). The van der Waals surface area contributed by atoms with Crippen molar-refractivity contribution >= 4 is 29.3 Å². The summed E-state index contributed by atoms with van der Waals surface area (Å²) in [7, 11) is 0. The largest absolute Gasteiger partial charge is 0.508 e. The van der Waals surface area contributed by atoms with Crippen LogP contribution in [0.15, 0.2) is 65.2 Å². The molecule has 0 saturated heterocycles. The third-order valence-corrected chi connectivity index (χ3v) is 5.66. The van der Waals surface area contributed by atoms with Crippen LogP contribution in [0.5, 0.6) is 5.75 Å². The summed E-state index contributed by atoms with van der Waals surface area (Å²) >= 11 is 1.57. The number of fused-ring (bicyclic) bond motifs is 1. The average molecular weight is 423 g/mol. The maximum Gasteiger partial charge on any atom is 0.255 e. The average Bonchev–Trinajstić information content (AvgIpc) is 3.14. The highest BCUT2D eigenvalue weighted by Crippen LogP contribution is 2.37. The number of rotatable bonds is 6. The van der Waals surface area contributed by atoms with Gasteiger partial charge in [0, 0.05) is 17.6 Å². The van der Waals surface area contributed by atoms with E-state index in [1.165, 1.54) is 0 Å². The highest BCUT2D eigenvalue weighted by atomic mass is 32.2. The number of phenols is 1. The van der Waals surface area contributed by atoms with E-state index in [2.05, 4.69) is 32.6 Å². The fourth-order valence-electron chi connectivity index (χ4n) is 3.32. The second-order valence-electron chi connectivity index (χ2n) is 6.87. The summed E-state index contributed by atoms with van der Waals surface area (Å²) in [5, 5.41) is 21.4. The number of carbonyl (C=O) groups excluding carboxylic acids is 1. The Morgan fingerprint density at radius 3 is 2.93 bits per heavy atom. The topological polar surface area (TPSA) is 105 Å². The molecule has 1 aliphatic rings. The molecule has 0 aliphatic carbocycles. The third-order valence-electron chi connectivity index (χ3n) is 4.62. The standard InChI is InChI=1S/C21H22N6O2S/c1-3-10-30-21-25-20-23-13(2)17(19(29)24-15-7-5-9-22-12-15)18(27(20)26-21)14-6-4-8-16(28)11-14/h4-9,11-12,18,28H,3,10H2,1-2H3,(H,24,29)(H,23,25,26). The molecular weight excluding hydrogens is 400 g/mol. The van der Waals surface area contributed by atoms with Gasteiger partial charge in [-0.3, -0.25) is 9.78 Å². The molecule has 1 unspecified atom stereocenters. The van der Waals surface area contributed by atoms with E-state index < -0.39 is 6.04 Å². The molecule has 0 spiro atoms. The van der Waals surface area contributed by atoms with E-state index in [0.717, 1.165) is 17.7 Å². The van der Waals surface area contributed by atoms with Crippen LogP contribution in [0.3, 0.4) is 0 Å². The first-order chi connectivity index (χ1) is 14.6. The Kier molecular flexibility index (Phi) is 5.71. The normalized spacial score (nSPS) is 15.5. The summed E-state index contributed by atoms with van der Waals surface area (Å²) in [5.74, 6) is 1.32. The lowest BCUT2D eigenvalue weighted by Gasteiger charge is -2.28. The number of phenolic OH excluding ortho intramolecular Hbond substituents is 1. The van der Waals surface area contributed by atoms with Crippen LogP contribution in [0.4, 0.5) is 11.6 Å². The molecule has 2 aromatic heterocycles. The second kappa shape index (κ2) is 8.58. The van der Waals surface area contributed by atoms with E-state index in [-0.39, 0.29) is 11.7 Å². The quantitative estimate of drug-likeness (QED) is 0.519. The van der Waals surface area contributed by atoms with Gasteiger partial charge in [0.15, 0.2) is 0 Å². The maximum absolute atomic E-state index is 13.3. The van der Waals surface area contributed by atoms with Gasteiger partial charge in [-0.1, -0.05) is 30.8 Å². The number of aromatic hydroxyl groups is 1. The van der Waals surface area contributed by atoms with Crippen molar-refractivity contribution in [3.8, 4) is 5.75 Å². The molecule has 3 aromatic rings. The number of carbonyl (C=O) groups is 1. The Balaban J connectivity index is 1.77. The van der Waals surface area contributed by atoms with E-state index in [4.69, 9.17) is 0 Å². The summed E-state index contributed by atoms with van der Waals surface area (Å²) in [6.07, 6.45) is 4.25. The first-order valence-corrected chi connectivity index (χ1v) is 10.6. The number of nitrogens with one attached hydrogen (secondary N) is 2. The minimum absolute atomic E-state index is 0.123. The van der Waals surface area contributed by atoms with E-state index in [0.29, 0.717) is 28.1 Å². The Morgan fingerprint density at radius 1 is 1.33 bits per heavy atom. The number of aromatic nitrogens is 4. The first kappa shape index (κ1) is 20.0. The number of allylic oxidation sites excluding steroid dienone is 1. The molecule has 1 aliphatic heterocycles. The van der Waals surface area contributed by atoms with Gasteiger partial charge in [0.25, 0.3) is 5.91 Å². The maximum atomic E-state index is 13.3. The lowest BCUT2D eigenvalue weighted by Crippen LogP contribution is -2.31. The number of amides is 1. The van der Waals surface area contributed by atoms with E-state index >= 15 is 0 Å². The van der Waals surface area contributed by atoms with Crippen LogP contribution in [0.1, 0.15) is 31.9 Å². The lowest BCUT2D eigenvalue weighted by molar-refractivity contribution is -0.113. The van der Waals surface area contributed by atoms with Crippen molar-refractivity contribution in [2.75, 3.05) is 16.4 Å². The Bertz CT molecular complexity index is 1100. The zero-order valence-electron chi connectivity index (χ0n) is 16.7. The molecular formula is C21H22N6O2S. The monoisotopic (exact) mass is 422 g/mol. The van der Waals surface area contributed by atoms with Crippen molar-refractivity contribution in [1.82, 2.24) is 19.7 Å². The summed E-state index contributed by atoms with van der Waals surface area (Å²) < 4.78 is 1.71. The lowest BCUT2D eigenvalue weighted by atomic mass is 9.95. The molecule has 9 heteroatoms. The Labute approximate surface area is 178 Å². The van der Waals surface area contributed by atoms with Crippen LogP contribution in [-0.2, 0) is 4.79 Å². The van der Waals surface area contributed by atoms with Gasteiger partial charge in [-0.2, -0.15) is 4.98 Å². The summed E-state index contributed by atoms with van der Waals surface area (Å²) in [5.41, 5.74) is 2.51. The Hall–Kier alpha value is -3.33. The minimum Gasteiger partial charge on any atom is -0.508 e. The number of thioether (sulfide) groups is 1. The molecule has 0 fully saturated rings. The molecule has 1 amide bonds. The van der Waals surface area contributed by atoms with Crippen molar-refractivity contribution in [2.45, 2.75) is 31.5 Å². The number of hydrogen-bond donors (Lipinski definition) is 3. The number of hydrogen-bond acceptors (Lipinski definition) is 7. The SMILES string of the molecule is CCCSc1nc2n(n1)C(c1cccc(O)c1)C(C(=O)Nc1cccnc1)=C(C)N2. The highest BCUT2D eigenvalue weighted by molar-refractivity contribution is 7.99. The van der Waals surface area contributed by atoms with Gasteiger partial charge in [-0.25, -0.2) is 4.68 Å². The summed E-state index contributed by atoms with van der Waals surface area (Å²) in [6.45, 7) is 3.94. The van der Waals surface area contributed by atoms with Crippen molar-refractivity contribution < 1.29 is 9.90 Å². The van der Waals surface area contributed by atoms with Crippen LogP contribution in [-0.4, -0.2) is 36.5 Å². The predicted molar refractivity (Wildman–Crippen MR) is 116 cm³/mol. The Morgan fingerprint density at radius 2 is 2.20 bits per heavy atom. The molecule has 1 aromatic carbocycles. The van der Waals surface area contributed by atoms with Crippen molar-refractivity contribution in [3.05, 3.63) is 65.6 Å². The van der Waals surface area contributed by atoms with Crippen molar-refractivity contribution in [3.63, 3.8) is 0 Å². The van der Waals surface area contributed by atoms with Crippen LogP contribution in [0.2, 0.25) is 0 Å². The summed E-state index contributed by atoms with van der Waals surface area (Å²) in [4.78, 5) is 21.9. The summed E-state index contributed by atoms with van der Waals surface area (Å²) in [6, 6.07) is 9.86. The number of benzene rings is 1. The van der Waals surface area contributed by atoms with E-state index in [9.17, 15) is 9.90 Å². The first-order valence-electron chi connectivity index (χ1n) is 9.64. The highest BCUT2D eigenvalue weighted by Gasteiger charge is 2.34. The van der Waals surface area contributed by atoms with Crippen LogP contribution in [0, 0.1) is 0 Å². The van der Waals surface area contributed by atoms with Gasteiger partial charge in [0.2, 0.25) is 11.1 Å². The molecule has 1 atom stereocenters. The van der Waals surface area contributed by atoms with E-state index in [1.807, 2.05) is 13.0 Å². The molecule has 3 N–H and O–H groups in total. The molecule has 0 saturated carbocycles. The van der Waals surface area contributed by atoms with Crippen LogP contribution >= 0.6 is 11.8 Å². The second-order valence-corrected chi connectivity index (χ2v) is 7.93.